The molecule has 2 aromatic heterocycles. The summed E-state index contributed by atoms with van der Waals surface area (Å²) in [6.07, 6.45) is -0.652. The molecular formula is C17H17N5O3. The quantitative estimate of drug-likeness (QED) is 0.720. The number of nitrogens with one attached hydrogen (secondary N) is 1. The lowest BCUT2D eigenvalue weighted by Gasteiger charge is -2.27. The third-order valence-electron chi connectivity index (χ3n) is 4.35. The Hall–Kier alpha value is -3.00. The van der Waals surface area contributed by atoms with Crippen LogP contribution in [0, 0.1) is 0 Å². The van der Waals surface area contributed by atoms with E-state index in [1.165, 1.54) is 0 Å². The minimum Gasteiger partial charge on any atom is -0.387 e. The molecule has 0 unspecified atom stereocenters. The van der Waals surface area contributed by atoms with Crippen molar-refractivity contribution >= 4 is 16.8 Å². The van der Waals surface area contributed by atoms with Crippen molar-refractivity contribution in [1.29, 1.82) is 0 Å². The number of aliphatic hydroxyl groups excluding tert-OH is 1. The van der Waals surface area contributed by atoms with Crippen molar-refractivity contribution in [3.8, 4) is 0 Å². The molecule has 0 saturated heterocycles. The Morgan fingerprint density at radius 2 is 2.12 bits per heavy atom. The maximum Gasteiger partial charge on any atom is 0.290 e. The molecule has 25 heavy (non-hydrogen) atoms. The number of fused-ring (bicyclic) bond motifs is 2. The van der Waals surface area contributed by atoms with Crippen molar-refractivity contribution in [3.05, 3.63) is 57.9 Å². The molecule has 1 atom stereocenters. The van der Waals surface area contributed by atoms with Gasteiger partial charge in [-0.15, -0.1) is 0 Å². The molecule has 128 valence electrons. The van der Waals surface area contributed by atoms with E-state index in [0.717, 1.165) is 5.69 Å². The largest absolute Gasteiger partial charge is 0.387 e. The number of benzene rings is 1. The smallest absolute Gasteiger partial charge is 0.290 e. The second kappa shape index (κ2) is 5.82. The highest BCUT2D eigenvalue weighted by atomic mass is 16.3. The highest BCUT2D eigenvalue weighted by Crippen LogP contribution is 2.19. The summed E-state index contributed by atoms with van der Waals surface area (Å²) in [5.74, 6) is -0.290. The van der Waals surface area contributed by atoms with Gasteiger partial charge < -0.3 is 15.0 Å². The van der Waals surface area contributed by atoms with Gasteiger partial charge in [0.1, 0.15) is 0 Å². The maximum atomic E-state index is 12.8. The van der Waals surface area contributed by atoms with Gasteiger partial charge in [-0.05, 0) is 25.1 Å². The average molecular weight is 339 g/mol. The van der Waals surface area contributed by atoms with E-state index < -0.39 is 6.10 Å². The van der Waals surface area contributed by atoms with Crippen LogP contribution in [0.25, 0.3) is 10.9 Å². The van der Waals surface area contributed by atoms with Crippen molar-refractivity contribution in [3.63, 3.8) is 0 Å². The number of hydrogen-bond acceptors (Lipinski definition) is 5. The lowest BCUT2D eigenvalue weighted by atomic mass is 10.2. The normalized spacial score (nSPS) is 15.2. The van der Waals surface area contributed by atoms with E-state index in [2.05, 4.69) is 15.1 Å². The van der Waals surface area contributed by atoms with Crippen molar-refractivity contribution < 1.29 is 9.90 Å². The van der Waals surface area contributed by atoms with Gasteiger partial charge in [-0.2, -0.15) is 5.10 Å². The van der Waals surface area contributed by atoms with Gasteiger partial charge in [0, 0.05) is 6.54 Å². The van der Waals surface area contributed by atoms with Crippen LogP contribution >= 0.6 is 0 Å². The van der Waals surface area contributed by atoms with Crippen molar-refractivity contribution in [2.24, 2.45) is 0 Å². The molecule has 0 fully saturated rings. The van der Waals surface area contributed by atoms with Gasteiger partial charge in [0.2, 0.25) is 0 Å². The number of aliphatic hydroxyl groups is 1. The average Bonchev–Trinajstić information content (AvgIpc) is 3.04. The van der Waals surface area contributed by atoms with Crippen LogP contribution < -0.4 is 5.56 Å². The lowest BCUT2D eigenvalue weighted by Crippen LogP contribution is -2.39. The van der Waals surface area contributed by atoms with E-state index >= 15 is 0 Å². The van der Waals surface area contributed by atoms with Crippen LogP contribution in [-0.2, 0) is 13.1 Å². The van der Waals surface area contributed by atoms with Crippen LogP contribution in [0.2, 0.25) is 0 Å². The molecule has 1 aliphatic rings. The van der Waals surface area contributed by atoms with E-state index in [-0.39, 0.29) is 17.3 Å². The molecule has 1 aromatic carbocycles. The predicted octanol–water partition coefficient (Wildman–Crippen LogP) is 0.829. The van der Waals surface area contributed by atoms with Crippen LogP contribution in [0.5, 0.6) is 0 Å². The first-order chi connectivity index (χ1) is 12.0. The first-order valence-corrected chi connectivity index (χ1v) is 8.06. The summed E-state index contributed by atoms with van der Waals surface area (Å²) in [6, 6.07) is 8.71. The Kier molecular flexibility index (Phi) is 3.61. The summed E-state index contributed by atoms with van der Waals surface area (Å²) >= 11 is 0. The van der Waals surface area contributed by atoms with Gasteiger partial charge in [-0.3, -0.25) is 14.3 Å². The molecule has 2 N–H and O–H groups in total. The van der Waals surface area contributed by atoms with Gasteiger partial charge in [0.15, 0.2) is 5.82 Å². The number of amides is 1. The molecule has 0 aliphatic carbocycles. The van der Waals surface area contributed by atoms with Crippen LogP contribution in [0.1, 0.15) is 35.0 Å². The van der Waals surface area contributed by atoms with Gasteiger partial charge >= 0.3 is 0 Å². The molecule has 0 saturated carbocycles. The third kappa shape index (κ3) is 2.70. The summed E-state index contributed by atoms with van der Waals surface area (Å²) in [6.45, 7) is 3.00. The predicted molar refractivity (Wildman–Crippen MR) is 90.0 cm³/mol. The zero-order valence-electron chi connectivity index (χ0n) is 13.6. The highest BCUT2D eigenvalue weighted by molar-refractivity contribution is 5.92. The van der Waals surface area contributed by atoms with Crippen LogP contribution in [0.4, 0.5) is 0 Å². The monoisotopic (exact) mass is 339 g/mol. The number of hydrogen-bond donors (Lipinski definition) is 2. The SMILES string of the molecule is C[C@@H](O)c1cc2n(n1)CCN(C(=O)c1nc3ccccc3c(=O)[nH]1)C2. The van der Waals surface area contributed by atoms with E-state index in [4.69, 9.17) is 0 Å². The molecule has 0 spiro atoms. The van der Waals surface area contributed by atoms with E-state index in [1.807, 2.05) is 0 Å². The third-order valence-corrected chi connectivity index (χ3v) is 4.35. The van der Waals surface area contributed by atoms with E-state index in [1.54, 1.807) is 46.8 Å². The Balaban J connectivity index is 1.64. The minimum atomic E-state index is -0.652. The molecule has 4 rings (SSSR count). The number of H-pyrrole nitrogens is 1. The van der Waals surface area contributed by atoms with Crippen molar-refractivity contribution in [2.45, 2.75) is 26.1 Å². The molecule has 3 aromatic rings. The number of para-hydroxylation sites is 1. The Morgan fingerprint density at radius 3 is 2.92 bits per heavy atom. The van der Waals surface area contributed by atoms with Crippen LogP contribution in [0.3, 0.4) is 0 Å². The lowest BCUT2D eigenvalue weighted by molar-refractivity contribution is 0.0693. The Bertz CT molecular complexity index is 1020. The van der Waals surface area contributed by atoms with Gasteiger partial charge in [-0.1, -0.05) is 12.1 Å². The fraction of sp³-hybridized carbons (Fsp3) is 0.294. The summed E-state index contributed by atoms with van der Waals surface area (Å²) in [5, 5.41) is 14.4. The summed E-state index contributed by atoms with van der Waals surface area (Å²) in [4.78, 5) is 33.4. The van der Waals surface area contributed by atoms with Crippen LogP contribution in [-0.4, -0.2) is 42.2 Å². The zero-order valence-corrected chi connectivity index (χ0v) is 13.6. The van der Waals surface area contributed by atoms with Gasteiger partial charge in [0.25, 0.3) is 11.5 Å². The summed E-state index contributed by atoms with van der Waals surface area (Å²) < 4.78 is 1.79. The van der Waals surface area contributed by atoms with Gasteiger partial charge in [-0.25, -0.2) is 4.98 Å². The van der Waals surface area contributed by atoms with Gasteiger partial charge in [0.05, 0.1) is 41.5 Å². The molecule has 8 nitrogen and oxygen atoms in total. The topological polar surface area (TPSA) is 104 Å². The number of carbonyl (C=O) groups is 1. The first-order valence-electron chi connectivity index (χ1n) is 8.06. The van der Waals surface area contributed by atoms with E-state index in [0.29, 0.717) is 36.2 Å². The number of rotatable bonds is 2. The number of carbonyl (C=O) groups excluding carboxylic acids is 1. The highest BCUT2D eigenvalue weighted by Gasteiger charge is 2.25. The minimum absolute atomic E-state index is 0.0346. The second-order valence-electron chi connectivity index (χ2n) is 6.12. The Morgan fingerprint density at radius 1 is 1.32 bits per heavy atom. The fourth-order valence-corrected chi connectivity index (χ4v) is 3.00. The van der Waals surface area contributed by atoms with E-state index in [9.17, 15) is 14.7 Å². The molecule has 1 aliphatic heterocycles. The zero-order chi connectivity index (χ0) is 17.6. The molecular weight excluding hydrogens is 322 g/mol. The number of aromatic amines is 1. The second-order valence-corrected chi connectivity index (χ2v) is 6.12. The van der Waals surface area contributed by atoms with Crippen molar-refractivity contribution in [1.82, 2.24) is 24.6 Å². The first kappa shape index (κ1) is 15.5. The standard InChI is InChI=1S/C17H17N5O3/c1-10(23)14-8-11-9-21(6-7-22(11)20-14)17(25)15-18-13-5-3-2-4-12(13)16(24)19-15/h2-5,8,10,23H,6-7,9H2,1H3,(H,18,19,24)/t10-/m1/s1. The maximum absolute atomic E-state index is 12.8. The number of nitrogens with zero attached hydrogens (tertiary/aromatic N) is 4. The molecule has 1 amide bonds. The fourth-order valence-electron chi connectivity index (χ4n) is 3.00. The van der Waals surface area contributed by atoms with Crippen molar-refractivity contribution in [2.75, 3.05) is 6.54 Å². The molecule has 0 radical (unpaired) electrons. The molecule has 3 heterocycles. The Labute approximate surface area is 142 Å². The number of aromatic nitrogens is 4. The summed E-state index contributed by atoms with van der Waals surface area (Å²) in [7, 11) is 0. The van der Waals surface area contributed by atoms with Crippen LogP contribution in [0.15, 0.2) is 35.1 Å². The molecule has 8 heteroatoms. The molecule has 0 bridgehead atoms. The summed E-state index contributed by atoms with van der Waals surface area (Å²) in [5.41, 5.74) is 1.60.